The smallest absolute Gasteiger partial charge is 0.242 e. The van der Waals surface area contributed by atoms with Gasteiger partial charge in [-0.15, -0.1) is 0 Å². The van der Waals surface area contributed by atoms with E-state index in [1.165, 1.54) is 12.8 Å². The maximum absolute atomic E-state index is 12.0. The number of nitrogens with one attached hydrogen (secondary N) is 1. The molecule has 15 heavy (non-hydrogen) atoms. The van der Waals surface area contributed by atoms with Gasteiger partial charge in [0.2, 0.25) is 5.91 Å². The number of carbonyl (C=O) groups excluding carboxylic acids is 1. The molecule has 0 aromatic carbocycles. The van der Waals surface area contributed by atoms with Crippen molar-refractivity contribution in [3.63, 3.8) is 0 Å². The highest BCUT2D eigenvalue weighted by Gasteiger charge is 2.28. The Hall–Kier alpha value is -0.570. The van der Waals surface area contributed by atoms with Crippen LogP contribution in [0.2, 0.25) is 0 Å². The number of likely N-dealkylation sites (N-methyl/N-ethyl adjacent to an activating group) is 2. The molecule has 1 N–H and O–H groups in total. The largest absolute Gasteiger partial charge is 0.344 e. The van der Waals surface area contributed by atoms with Crippen LogP contribution in [-0.2, 0) is 4.79 Å². The van der Waals surface area contributed by atoms with E-state index in [4.69, 9.17) is 0 Å². The molecule has 0 bridgehead atoms. The van der Waals surface area contributed by atoms with E-state index in [0.29, 0.717) is 0 Å². The van der Waals surface area contributed by atoms with Crippen LogP contribution in [0, 0.1) is 0 Å². The number of unbranched alkanes of at least 4 members (excludes halogenated alkanes) is 2. The number of rotatable bonds is 7. The molecule has 0 rings (SSSR count). The highest BCUT2D eigenvalue weighted by molar-refractivity contribution is 5.85. The molecule has 0 aliphatic rings. The quantitative estimate of drug-likeness (QED) is 0.658. The highest BCUT2D eigenvalue weighted by atomic mass is 16.2. The van der Waals surface area contributed by atoms with Crippen LogP contribution in [0.25, 0.3) is 0 Å². The first-order chi connectivity index (χ1) is 6.95. The molecule has 3 nitrogen and oxygen atoms in total. The average Bonchev–Trinajstić information content (AvgIpc) is 2.16. The van der Waals surface area contributed by atoms with Crippen LogP contribution in [0.15, 0.2) is 0 Å². The SMILES string of the molecule is CCCCCN(C)C(=O)C(C)(C)NCC. The third-order valence-electron chi connectivity index (χ3n) is 2.60. The maximum atomic E-state index is 12.0. The topological polar surface area (TPSA) is 32.3 Å². The second kappa shape index (κ2) is 6.83. The van der Waals surface area contributed by atoms with Crippen LogP contribution in [0.4, 0.5) is 0 Å². The fourth-order valence-corrected chi connectivity index (χ4v) is 1.70. The molecule has 0 aliphatic carbocycles. The lowest BCUT2D eigenvalue weighted by atomic mass is 10.0. The van der Waals surface area contributed by atoms with Gasteiger partial charge in [0.1, 0.15) is 0 Å². The molecule has 0 aliphatic heterocycles. The molecular formula is C12H26N2O. The van der Waals surface area contributed by atoms with Crippen molar-refractivity contribution in [3.05, 3.63) is 0 Å². The van der Waals surface area contributed by atoms with Gasteiger partial charge in [-0.3, -0.25) is 4.79 Å². The molecule has 90 valence electrons. The first-order valence-electron chi connectivity index (χ1n) is 5.96. The van der Waals surface area contributed by atoms with Crippen molar-refractivity contribution in [2.75, 3.05) is 20.1 Å². The molecule has 0 aromatic heterocycles. The lowest BCUT2D eigenvalue weighted by Crippen LogP contribution is -2.53. The Labute approximate surface area is 94.2 Å². The van der Waals surface area contributed by atoms with Crippen molar-refractivity contribution in [3.8, 4) is 0 Å². The van der Waals surface area contributed by atoms with Crippen LogP contribution in [0.5, 0.6) is 0 Å². The second-order valence-corrected chi connectivity index (χ2v) is 4.59. The predicted octanol–water partition coefficient (Wildman–Crippen LogP) is 2.02. The van der Waals surface area contributed by atoms with E-state index >= 15 is 0 Å². The van der Waals surface area contributed by atoms with Gasteiger partial charge in [0.05, 0.1) is 5.54 Å². The van der Waals surface area contributed by atoms with E-state index in [-0.39, 0.29) is 5.91 Å². The summed E-state index contributed by atoms with van der Waals surface area (Å²) >= 11 is 0. The first-order valence-corrected chi connectivity index (χ1v) is 5.96. The Bertz CT molecular complexity index is 190. The molecule has 0 unspecified atom stereocenters. The standard InChI is InChI=1S/C12H26N2O/c1-6-8-9-10-14(5)11(15)12(3,4)13-7-2/h13H,6-10H2,1-5H3. The van der Waals surface area contributed by atoms with E-state index in [9.17, 15) is 4.79 Å². The van der Waals surface area contributed by atoms with Crippen molar-refractivity contribution in [2.24, 2.45) is 0 Å². The lowest BCUT2D eigenvalue weighted by molar-refractivity contribution is -0.135. The molecule has 1 amide bonds. The van der Waals surface area contributed by atoms with Gasteiger partial charge in [-0.05, 0) is 26.8 Å². The van der Waals surface area contributed by atoms with Gasteiger partial charge in [-0.2, -0.15) is 0 Å². The van der Waals surface area contributed by atoms with Crippen molar-refractivity contribution < 1.29 is 4.79 Å². The summed E-state index contributed by atoms with van der Waals surface area (Å²) in [7, 11) is 1.89. The summed E-state index contributed by atoms with van der Waals surface area (Å²) in [5.41, 5.74) is -0.435. The van der Waals surface area contributed by atoms with Gasteiger partial charge < -0.3 is 10.2 Å². The summed E-state index contributed by atoms with van der Waals surface area (Å²) in [6.07, 6.45) is 3.48. The predicted molar refractivity (Wildman–Crippen MR) is 64.9 cm³/mol. The molecule has 0 heterocycles. The maximum Gasteiger partial charge on any atom is 0.242 e. The summed E-state index contributed by atoms with van der Waals surface area (Å²) in [5.74, 6) is 0.181. The van der Waals surface area contributed by atoms with E-state index in [2.05, 4.69) is 12.2 Å². The van der Waals surface area contributed by atoms with Gasteiger partial charge in [0, 0.05) is 13.6 Å². The van der Waals surface area contributed by atoms with Gasteiger partial charge in [0.15, 0.2) is 0 Å². The lowest BCUT2D eigenvalue weighted by Gasteiger charge is -2.30. The minimum atomic E-state index is -0.435. The molecule has 0 fully saturated rings. The summed E-state index contributed by atoms with van der Waals surface area (Å²) in [6, 6.07) is 0. The van der Waals surface area contributed by atoms with Crippen molar-refractivity contribution in [2.45, 2.75) is 52.5 Å². The Balaban J connectivity index is 4.06. The van der Waals surface area contributed by atoms with Crippen molar-refractivity contribution in [1.82, 2.24) is 10.2 Å². The van der Waals surface area contributed by atoms with Gasteiger partial charge in [-0.1, -0.05) is 26.7 Å². The van der Waals surface area contributed by atoms with Gasteiger partial charge in [0.25, 0.3) is 0 Å². The Kier molecular flexibility index (Phi) is 6.57. The van der Waals surface area contributed by atoms with Gasteiger partial charge in [-0.25, -0.2) is 0 Å². The van der Waals surface area contributed by atoms with Crippen LogP contribution in [0.1, 0.15) is 47.0 Å². The summed E-state index contributed by atoms with van der Waals surface area (Å²) in [5, 5.41) is 3.20. The molecule has 3 heteroatoms. The van der Waals surface area contributed by atoms with E-state index in [1.54, 1.807) is 0 Å². The number of hydrogen-bond donors (Lipinski definition) is 1. The Morgan fingerprint density at radius 3 is 2.33 bits per heavy atom. The third-order valence-corrected chi connectivity index (χ3v) is 2.60. The van der Waals surface area contributed by atoms with Gasteiger partial charge >= 0.3 is 0 Å². The zero-order valence-corrected chi connectivity index (χ0v) is 10.9. The fraction of sp³-hybridized carbons (Fsp3) is 0.917. The van der Waals surface area contributed by atoms with E-state index in [1.807, 2.05) is 32.7 Å². The molecule has 0 saturated carbocycles. The summed E-state index contributed by atoms with van der Waals surface area (Å²) in [6.45, 7) is 9.75. The fourth-order valence-electron chi connectivity index (χ4n) is 1.70. The van der Waals surface area contributed by atoms with Crippen LogP contribution >= 0.6 is 0 Å². The molecule has 0 aromatic rings. The monoisotopic (exact) mass is 214 g/mol. The first kappa shape index (κ1) is 14.4. The zero-order valence-electron chi connectivity index (χ0n) is 10.9. The molecule has 0 spiro atoms. The zero-order chi connectivity index (χ0) is 11.9. The third kappa shape index (κ3) is 5.17. The number of amides is 1. The van der Waals surface area contributed by atoms with E-state index < -0.39 is 5.54 Å². The number of nitrogens with zero attached hydrogens (tertiary/aromatic N) is 1. The van der Waals surface area contributed by atoms with Crippen molar-refractivity contribution in [1.29, 1.82) is 0 Å². The van der Waals surface area contributed by atoms with Crippen LogP contribution < -0.4 is 5.32 Å². The minimum Gasteiger partial charge on any atom is -0.344 e. The Morgan fingerprint density at radius 2 is 1.87 bits per heavy atom. The highest BCUT2D eigenvalue weighted by Crippen LogP contribution is 2.07. The molecular weight excluding hydrogens is 188 g/mol. The second-order valence-electron chi connectivity index (χ2n) is 4.59. The molecule has 0 saturated heterocycles. The summed E-state index contributed by atoms with van der Waals surface area (Å²) in [4.78, 5) is 13.8. The molecule has 0 atom stereocenters. The number of carbonyl (C=O) groups is 1. The minimum absolute atomic E-state index is 0.181. The Morgan fingerprint density at radius 1 is 1.27 bits per heavy atom. The van der Waals surface area contributed by atoms with Crippen LogP contribution in [0.3, 0.4) is 0 Å². The average molecular weight is 214 g/mol. The summed E-state index contributed by atoms with van der Waals surface area (Å²) < 4.78 is 0. The molecule has 0 radical (unpaired) electrons. The number of hydrogen-bond acceptors (Lipinski definition) is 2. The van der Waals surface area contributed by atoms with Crippen molar-refractivity contribution >= 4 is 5.91 Å². The normalized spacial score (nSPS) is 11.5. The van der Waals surface area contributed by atoms with E-state index in [0.717, 1.165) is 19.5 Å². The van der Waals surface area contributed by atoms with Crippen LogP contribution in [-0.4, -0.2) is 36.5 Å².